The Hall–Kier alpha value is -2.45. The number of sulfonamides is 1. The van der Waals surface area contributed by atoms with Gasteiger partial charge in [-0.25, -0.2) is 13.2 Å². The highest BCUT2D eigenvalue weighted by Gasteiger charge is 2.43. The fraction of sp³-hybridized carbons (Fsp3) is 0.871. The fourth-order valence-corrected chi connectivity index (χ4v) is 8.67. The summed E-state index contributed by atoms with van der Waals surface area (Å²) in [7, 11) is -3.36. The minimum absolute atomic E-state index is 0.0989. The summed E-state index contributed by atoms with van der Waals surface area (Å²) in [5.74, 6) is -1.36. The number of rotatable bonds is 12. The molecule has 0 radical (unpaired) electrons. The van der Waals surface area contributed by atoms with E-state index in [2.05, 4.69) is 16.0 Å². The van der Waals surface area contributed by atoms with Gasteiger partial charge in [-0.2, -0.15) is 4.31 Å². The fourth-order valence-electron chi connectivity index (χ4n) is 7.14. The molecule has 0 spiro atoms. The first kappa shape index (κ1) is 35.4. The van der Waals surface area contributed by atoms with E-state index >= 15 is 0 Å². The SMILES string of the molecule is CC(C)(C)[C@@H](CN1CCCS1(=O)=O)NC(=O)N[C@H](C(=O)N1CCC[C@H]1C(=O)NC(CC1CCC1)C(O)C(N)=O)C1CCCCC1. The average molecular weight is 655 g/mol. The second kappa shape index (κ2) is 15.0. The zero-order valence-corrected chi connectivity index (χ0v) is 27.9. The van der Waals surface area contributed by atoms with Gasteiger partial charge >= 0.3 is 6.03 Å². The molecule has 0 bridgehead atoms. The number of carbonyl (C=O) groups excluding carboxylic acids is 4. The minimum Gasteiger partial charge on any atom is -0.381 e. The quantitative estimate of drug-likeness (QED) is 0.209. The van der Waals surface area contributed by atoms with Gasteiger partial charge in [-0.15, -0.1) is 0 Å². The molecule has 5 amide bonds. The van der Waals surface area contributed by atoms with Crippen molar-refractivity contribution in [1.82, 2.24) is 25.2 Å². The molecule has 5 atom stereocenters. The Morgan fingerprint density at radius 1 is 0.889 bits per heavy atom. The van der Waals surface area contributed by atoms with Crippen LogP contribution in [-0.2, 0) is 24.4 Å². The molecule has 45 heavy (non-hydrogen) atoms. The summed E-state index contributed by atoms with van der Waals surface area (Å²) in [6, 6.07) is -3.51. The van der Waals surface area contributed by atoms with Crippen molar-refractivity contribution >= 4 is 33.8 Å². The lowest BCUT2D eigenvalue weighted by molar-refractivity contribution is -0.142. The van der Waals surface area contributed by atoms with Crippen LogP contribution in [0.2, 0.25) is 0 Å². The molecule has 256 valence electrons. The van der Waals surface area contributed by atoms with Gasteiger partial charge in [0.15, 0.2) is 6.10 Å². The van der Waals surface area contributed by atoms with Crippen molar-refractivity contribution in [2.75, 3.05) is 25.4 Å². The molecule has 2 unspecified atom stereocenters. The molecule has 4 rings (SSSR count). The van der Waals surface area contributed by atoms with Crippen LogP contribution in [0.4, 0.5) is 4.79 Å². The van der Waals surface area contributed by atoms with Crippen LogP contribution in [0.1, 0.15) is 97.8 Å². The van der Waals surface area contributed by atoms with E-state index in [1.54, 1.807) is 0 Å². The molecule has 13 nitrogen and oxygen atoms in total. The number of aliphatic hydroxyl groups is 1. The first-order valence-corrected chi connectivity index (χ1v) is 18.4. The number of nitrogens with two attached hydrogens (primary N) is 1. The van der Waals surface area contributed by atoms with E-state index in [9.17, 15) is 32.7 Å². The van der Waals surface area contributed by atoms with Crippen molar-refractivity contribution < 1.29 is 32.7 Å². The monoisotopic (exact) mass is 654 g/mol. The predicted octanol–water partition coefficient (Wildman–Crippen LogP) is 1.20. The Morgan fingerprint density at radius 3 is 2.13 bits per heavy atom. The molecule has 6 N–H and O–H groups in total. The Kier molecular flexibility index (Phi) is 11.8. The number of amides is 5. The Balaban J connectivity index is 1.47. The molecule has 2 aliphatic carbocycles. The third-order valence-electron chi connectivity index (χ3n) is 10.3. The number of urea groups is 1. The standard InChI is InChI=1S/C31H54N6O7S/c1-31(2,3)24(19-36-15-9-17-45(36,43)44)34-30(42)35-25(21-12-5-4-6-13-21)29(41)37-16-8-14-23(37)28(40)33-22(26(38)27(32)39)18-20-10-7-11-20/h20-26,38H,4-19H2,1-3H3,(H2,32,39)(H,33,40)(H2,34,35,42)/t22?,23-,24+,25-,26?/m0/s1. The predicted molar refractivity (Wildman–Crippen MR) is 169 cm³/mol. The van der Waals surface area contributed by atoms with Crippen LogP contribution in [0, 0.1) is 17.3 Å². The third kappa shape index (κ3) is 9.09. The maximum Gasteiger partial charge on any atom is 0.315 e. The topological polar surface area (TPSA) is 191 Å². The lowest BCUT2D eigenvalue weighted by atomic mass is 9.79. The highest BCUT2D eigenvalue weighted by Crippen LogP contribution is 2.32. The van der Waals surface area contributed by atoms with Gasteiger partial charge in [0.2, 0.25) is 27.7 Å². The summed E-state index contributed by atoms with van der Waals surface area (Å²) in [6.07, 6.45) is 7.98. The van der Waals surface area contributed by atoms with Crippen molar-refractivity contribution in [2.45, 2.75) is 128 Å². The molecule has 0 aromatic rings. The molecule has 4 aliphatic rings. The van der Waals surface area contributed by atoms with Crippen LogP contribution >= 0.6 is 0 Å². The number of nitrogens with zero attached hydrogens (tertiary/aromatic N) is 2. The van der Waals surface area contributed by atoms with Crippen LogP contribution in [0.15, 0.2) is 0 Å². The van der Waals surface area contributed by atoms with E-state index in [0.717, 1.165) is 51.4 Å². The van der Waals surface area contributed by atoms with E-state index in [0.29, 0.717) is 44.7 Å². The van der Waals surface area contributed by atoms with Crippen LogP contribution in [0.5, 0.6) is 0 Å². The summed E-state index contributed by atoms with van der Waals surface area (Å²) < 4.78 is 26.4. The number of likely N-dealkylation sites (tertiary alicyclic amines) is 1. The maximum atomic E-state index is 14.2. The van der Waals surface area contributed by atoms with E-state index in [1.807, 2.05) is 20.8 Å². The van der Waals surface area contributed by atoms with Gasteiger partial charge in [0.1, 0.15) is 12.1 Å². The maximum absolute atomic E-state index is 14.2. The first-order valence-electron chi connectivity index (χ1n) is 16.8. The van der Waals surface area contributed by atoms with E-state index in [1.165, 1.54) is 9.21 Å². The highest BCUT2D eigenvalue weighted by atomic mass is 32.2. The van der Waals surface area contributed by atoms with Crippen LogP contribution in [-0.4, -0.2) is 102 Å². The highest BCUT2D eigenvalue weighted by molar-refractivity contribution is 7.89. The minimum atomic E-state index is -3.36. The Labute approximate surface area is 267 Å². The molecule has 14 heteroatoms. The average Bonchev–Trinajstić information content (AvgIpc) is 3.58. The van der Waals surface area contributed by atoms with Crippen molar-refractivity contribution in [3.63, 3.8) is 0 Å². The molecular formula is C31H54N6O7S. The summed E-state index contributed by atoms with van der Waals surface area (Å²) in [6.45, 7) is 6.72. The second-order valence-corrected chi connectivity index (χ2v) is 16.7. The molecule has 0 aromatic heterocycles. The summed E-state index contributed by atoms with van der Waals surface area (Å²) in [5.41, 5.74) is 4.93. The molecule has 0 aromatic carbocycles. The normalized spacial score (nSPS) is 25.5. The lowest BCUT2D eigenvalue weighted by Crippen LogP contribution is -2.61. The number of nitrogens with one attached hydrogen (secondary N) is 3. The van der Waals surface area contributed by atoms with Gasteiger partial charge in [-0.05, 0) is 55.8 Å². The second-order valence-electron chi connectivity index (χ2n) is 14.6. The van der Waals surface area contributed by atoms with Crippen molar-refractivity contribution in [2.24, 2.45) is 23.0 Å². The first-order chi connectivity index (χ1) is 21.2. The van der Waals surface area contributed by atoms with Gasteiger partial charge in [0, 0.05) is 25.7 Å². The number of aliphatic hydroxyl groups excluding tert-OH is 1. The summed E-state index contributed by atoms with van der Waals surface area (Å²) in [5, 5.41) is 19.2. The number of carbonyl (C=O) groups is 4. The molecule has 2 saturated heterocycles. The summed E-state index contributed by atoms with van der Waals surface area (Å²) >= 11 is 0. The largest absolute Gasteiger partial charge is 0.381 e. The number of primary amides is 1. The van der Waals surface area contributed by atoms with Crippen molar-refractivity contribution in [1.29, 1.82) is 0 Å². The van der Waals surface area contributed by atoms with E-state index in [-0.39, 0.29) is 24.1 Å². The third-order valence-corrected chi connectivity index (χ3v) is 12.2. The van der Waals surface area contributed by atoms with Gasteiger partial charge < -0.3 is 31.7 Å². The van der Waals surface area contributed by atoms with Gasteiger partial charge in [-0.1, -0.05) is 59.3 Å². The molecule has 2 saturated carbocycles. The number of hydrogen-bond acceptors (Lipinski definition) is 7. The van der Waals surface area contributed by atoms with E-state index < -0.39 is 63.6 Å². The Morgan fingerprint density at radius 2 is 1.58 bits per heavy atom. The number of hydrogen-bond donors (Lipinski definition) is 5. The van der Waals surface area contributed by atoms with Crippen LogP contribution in [0.3, 0.4) is 0 Å². The molecular weight excluding hydrogens is 600 g/mol. The molecule has 2 aliphatic heterocycles. The van der Waals surface area contributed by atoms with E-state index in [4.69, 9.17) is 5.73 Å². The van der Waals surface area contributed by atoms with Crippen LogP contribution in [0.25, 0.3) is 0 Å². The van der Waals surface area contributed by atoms with Crippen molar-refractivity contribution in [3.8, 4) is 0 Å². The zero-order chi connectivity index (χ0) is 32.9. The summed E-state index contributed by atoms with van der Waals surface area (Å²) in [4.78, 5) is 54.6. The lowest BCUT2D eigenvalue weighted by Gasteiger charge is -2.37. The van der Waals surface area contributed by atoms with Gasteiger partial charge in [0.25, 0.3) is 0 Å². The van der Waals surface area contributed by atoms with Crippen LogP contribution < -0.4 is 21.7 Å². The van der Waals surface area contributed by atoms with Crippen molar-refractivity contribution in [3.05, 3.63) is 0 Å². The molecule has 2 heterocycles. The van der Waals surface area contributed by atoms with Gasteiger partial charge in [0.05, 0.1) is 11.8 Å². The zero-order valence-electron chi connectivity index (χ0n) is 27.1. The molecule has 4 fully saturated rings. The van der Waals surface area contributed by atoms with Gasteiger partial charge in [-0.3, -0.25) is 14.4 Å². The Bertz CT molecular complexity index is 1180. The smallest absolute Gasteiger partial charge is 0.315 e.